The molecule has 1 fully saturated rings. The summed E-state index contributed by atoms with van der Waals surface area (Å²) in [4.78, 5) is 24.9. The van der Waals surface area contributed by atoms with E-state index in [9.17, 15) is 22.8 Å². The Labute approximate surface area is 157 Å². The predicted molar refractivity (Wildman–Crippen MR) is 96.9 cm³/mol. The Morgan fingerprint density at radius 1 is 1.15 bits per heavy atom. The zero-order chi connectivity index (χ0) is 20.0. The Bertz CT molecular complexity index is 632. The average Bonchev–Trinajstić information content (AvgIpc) is 2.59. The molecule has 1 aromatic carbocycles. The Balaban J connectivity index is 1.93. The number of carbonyl (C=O) groups excluding carboxylic acids is 2. The molecule has 2 N–H and O–H groups in total. The molecule has 3 atom stereocenters. The first-order valence-corrected chi connectivity index (χ1v) is 9.37. The Kier molecular flexibility index (Phi) is 7.27. The molecule has 0 heterocycles. The lowest BCUT2D eigenvalue weighted by Crippen LogP contribution is -2.53. The second-order valence-electron chi connectivity index (χ2n) is 7.56. The number of rotatable bonds is 6. The van der Waals surface area contributed by atoms with Gasteiger partial charge in [-0.3, -0.25) is 9.59 Å². The smallest absolute Gasteiger partial charge is 0.352 e. The highest BCUT2D eigenvalue weighted by Crippen LogP contribution is 2.37. The van der Waals surface area contributed by atoms with Crippen molar-refractivity contribution in [2.45, 2.75) is 64.2 Å². The summed E-state index contributed by atoms with van der Waals surface area (Å²) in [7, 11) is 0. The minimum Gasteiger partial charge on any atom is -0.352 e. The summed E-state index contributed by atoms with van der Waals surface area (Å²) in [6.45, 7) is 3.60. The van der Waals surface area contributed by atoms with E-state index in [1.165, 1.54) is 0 Å². The quantitative estimate of drug-likeness (QED) is 0.787. The standard InChI is InChI=1S/C20H27F3N2O2/c1-13(2)18(25-17(26)11-14-7-4-3-5-8-14)19(27)24-16-10-6-9-15(12-16)20(21,22)23/h3-5,7-8,13,15-16,18H,6,9-12H2,1-2H3,(H,24,27)(H,25,26). The summed E-state index contributed by atoms with van der Waals surface area (Å²) in [5.41, 5.74) is 0.832. The number of halogens is 3. The van der Waals surface area contributed by atoms with Gasteiger partial charge in [0, 0.05) is 6.04 Å². The van der Waals surface area contributed by atoms with Gasteiger partial charge in [0.15, 0.2) is 0 Å². The van der Waals surface area contributed by atoms with Crippen molar-refractivity contribution in [2.24, 2.45) is 11.8 Å². The summed E-state index contributed by atoms with van der Waals surface area (Å²) < 4.78 is 38.8. The molecule has 1 saturated carbocycles. The summed E-state index contributed by atoms with van der Waals surface area (Å²) in [5, 5.41) is 5.44. The van der Waals surface area contributed by atoms with Crippen molar-refractivity contribution >= 4 is 11.8 Å². The maximum Gasteiger partial charge on any atom is 0.391 e. The van der Waals surface area contributed by atoms with Crippen LogP contribution >= 0.6 is 0 Å². The second-order valence-corrected chi connectivity index (χ2v) is 7.56. The molecule has 0 bridgehead atoms. The number of benzene rings is 1. The van der Waals surface area contributed by atoms with Crippen LogP contribution in [0.2, 0.25) is 0 Å². The van der Waals surface area contributed by atoms with Crippen LogP contribution in [0.3, 0.4) is 0 Å². The van der Waals surface area contributed by atoms with Crippen molar-refractivity contribution in [3.05, 3.63) is 35.9 Å². The van der Waals surface area contributed by atoms with Crippen LogP contribution in [-0.4, -0.2) is 30.1 Å². The Morgan fingerprint density at radius 3 is 2.41 bits per heavy atom. The van der Waals surface area contributed by atoms with Crippen molar-refractivity contribution in [1.29, 1.82) is 0 Å². The van der Waals surface area contributed by atoms with Gasteiger partial charge >= 0.3 is 6.18 Å². The molecule has 0 aromatic heterocycles. The molecular weight excluding hydrogens is 357 g/mol. The molecule has 2 amide bonds. The van der Waals surface area contributed by atoms with Crippen LogP contribution in [0.15, 0.2) is 30.3 Å². The first kappa shape index (κ1) is 21.3. The fourth-order valence-corrected chi connectivity index (χ4v) is 3.45. The summed E-state index contributed by atoms with van der Waals surface area (Å²) in [6, 6.07) is 7.87. The molecule has 0 saturated heterocycles. The van der Waals surface area contributed by atoms with Crippen molar-refractivity contribution in [2.75, 3.05) is 0 Å². The monoisotopic (exact) mass is 384 g/mol. The molecule has 1 aromatic rings. The molecule has 0 radical (unpaired) electrons. The van der Waals surface area contributed by atoms with Gasteiger partial charge in [0.2, 0.25) is 11.8 Å². The third kappa shape index (κ3) is 6.56. The number of amides is 2. The van der Waals surface area contributed by atoms with Crippen LogP contribution in [0.1, 0.15) is 45.1 Å². The van der Waals surface area contributed by atoms with E-state index in [1.54, 1.807) is 13.8 Å². The summed E-state index contributed by atoms with van der Waals surface area (Å²) in [6.07, 6.45) is -3.11. The normalized spacial score (nSPS) is 21.6. The first-order chi connectivity index (χ1) is 12.7. The minimum absolute atomic E-state index is 0.0992. The number of alkyl halides is 3. The van der Waals surface area contributed by atoms with Gasteiger partial charge in [0.05, 0.1) is 12.3 Å². The molecule has 0 spiro atoms. The first-order valence-electron chi connectivity index (χ1n) is 9.37. The number of hydrogen-bond acceptors (Lipinski definition) is 2. The maximum atomic E-state index is 12.9. The van der Waals surface area contributed by atoms with E-state index in [2.05, 4.69) is 10.6 Å². The third-order valence-corrected chi connectivity index (χ3v) is 4.96. The summed E-state index contributed by atoms with van der Waals surface area (Å²) in [5.74, 6) is -2.25. The zero-order valence-electron chi connectivity index (χ0n) is 15.7. The maximum absolute atomic E-state index is 12.9. The van der Waals surface area contributed by atoms with Gasteiger partial charge in [-0.1, -0.05) is 50.6 Å². The molecule has 7 heteroatoms. The van der Waals surface area contributed by atoms with Gasteiger partial charge in [-0.05, 0) is 30.7 Å². The van der Waals surface area contributed by atoms with E-state index in [-0.39, 0.29) is 31.1 Å². The van der Waals surface area contributed by atoms with Gasteiger partial charge in [-0.2, -0.15) is 13.2 Å². The second kappa shape index (κ2) is 9.24. The van der Waals surface area contributed by atoms with Crippen LogP contribution in [-0.2, 0) is 16.0 Å². The van der Waals surface area contributed by atoms with Crippen molar-refractivity contribution in [3.8, 4) is 0 Å². The van der Waals surface area contributed by atoms with E-state index in [1.807, 2.05) is 30.3 Å². The average molecular weight is 384 g/mol. The van der Waals surface area contributed by atoms with Crippen molar-refractivity contribution in [1.82, 2.24) is 10.6 Å². The topological polar surface area (TPSA) is 58.2 Å². The molecule has 4 nitrogen and oxygen atoms in total. The fourth-order valence-electron chi connectivity index (χ4n) is 3.45. The Morgan fingerprint density at radius 2 is 1.81 bits per heavy atom. The van der Waals surface area contributed by atoms with Crippen LogP contribution in [0.25, 0.3) is 0 Å². The highest BCUT2D eigenvalue weighted by Gasteiger charge is 2.42. The zero-order valence-corrected chi connectivity index (χ0v) is 15.7. The van der Waals surface area contributed by atoms with Gasteiger partial charge in [-0.25, -0.2) is 0 Å². The fraction of sp³-hybridized carbons (Fsp3) is 0.600. The van der Waals surface area contributed by atoms with E-state index in [0.29, 0.717) is 12.8 Å². The Hall–Kier alpha value is -2.05. The molecule has 27 heavy (non-hydrogen) atoms. The van der Waals surface area contributed by atoms with Gasteiger partial charge < -0.3 is 10.6 Å². The molecule has 150 valence electrons. The lowest BCUT2D eigenvalue weighted by molar-refractivity contribution is -0.184. The van der Waals surface area contributed by atoms with Gasteiger partial charge in [0.25, 0.3) is 0 Å². The van der Waals surface area contributed by atoms with E-state index in [4.69, 9.17) is 0 Å². The third-order valence-electron chi connectivity index (χ3n) is 4.96. The van der Waals surface area contributed by atoms with Crippen LogP contribution in [0.5, 0.6) is 0 Å². The predicted octanol–water partition coefficient (Wildman–Crippen LogP) is 3.61. The molecule has 3 unspecified atom stereocenters. The lowest BCUT2D eigenvalue weighted by Gasteiger charge is -2.32. The molecule has 1 aliphatic carbocycles. The van der Waals surface area contributed by atoms with Crippen molar-refractivity contribution in [3.63, 3.8) is 0 Å². The molecule has 2 rings (SSSR count). The summed E-state index contributed by atoms with van der Waals surface area (Å²) >= 11 is 0. The number of nitrogens with one attached hydrogen (secondary N) is 2. The van der Waals surface area contributed by atoms with Crippen LogP contribution in [0, 0.1) is 11.8 Å². The van der Waals surface area contributed by atoms with Crippen molar-refractivity contribution < 1.29 is 22.8 Å². The number of carbonyl (C=O) groups is 2. The highest BCUT2D eigenvalue weighted by atomic mass is 19.4. The van der Waals surface area contributed by atoms with Gasteiger partial charge in [-0.15, -0.1) is 0 Å². The molecule has 0 aliphatic heterocycles. The largest absolute Gasteiger partial charge is 0.391 e. The molecule has 1 aliphatic rings. The van der Waals surface area contributed by atoms with Crippen LogP contribution < -0.4 is 10.6 Å². The van der Waals surface area contributed by atoms with E-state index < -0.39 is 30.1 Å². The number of hydrogen-bond donors (Lipinski definition) is 2. The van der Waals surface area contributed by atoms with Crippen LogP contribution in [0.4, 0.5) is 13.2 Å². The van der Waals surface area contributed by atoms with Gasteiger partial charge in [0.1, 0.15) is 6.04 Å². The highest BCUT2D eigenvalue weighted by molar-refractivity contribution is 5.88. The van der Waals surface area contributed by atoms with E-state index in [0.717, 1.165) is 5.56 Å². The minimum atomic E-state index is -4.23. The SMILES string of the molecule is CC(C)C(NC(=O)Cc1ccccc1)C(=O)NC1CCCC(C(F)(F)F)C1. The van der Waals surface area contributed by atoms with E-state index >= 15 is 0 Å². The molecular formula is C20H27F3N2O2. The lowest BCUT2D eigenvalue weighted by atomic mass is 9.85.